The molecule has 0 spiro atoms. The van der Waals surface area contributed by atoms with Crippen molar-refractivity contribution < 1.29 is 19.4 Å². The van der Waals surface area contributed by atoms with Gasteiger partial charge in [0.1, 0.15) is 6.10 Å². The molecule has 2 amide bonds. The zero-order valence-corrected chi connectivity index (χ0v) is 16.9. The fourth-order valence-corrected chi connectivity index (χ4v) is 3.35. The van der Waals surface area contributed by atoms with Crippen LogP contribution in [-0.2, 0) is 20.7 Å². The number of pyridine rings is 1. The molecule has 1 aliphatic rings. The molecule has 7 heteroatoms. The van der Waals surface area contributed by atoms with Gasteiger partial charge in [-0.25, -0.2) is 0 Å². The van der Waals surface area contributed by atoms with E-state index in [4.69, 9.17) is 4.74 Å². The summed E-state index contributed by atoms with van der Waals surface area (Å²) in [6.45, 7) is 1.66. The van der Waals surface area contributed by atoms with Gasteiger partial charge in [-0.2, -0.15) is 0 Å². The fourth-order valence-electron chi connectivity index (χ4n) is 3.35. The van der Waals surface area contributed by atoms with Crippen molar-refractivity contribution in [1.82, 2.24) is 15.6 Å². The van der Waals surface area contributed by atoms with E-state index in [0.717, 1.165) is 5.56 Å². The van der Waals surface area contributed by atoms with E-state index in [1.54, 1.807) is 30.5 Å². The van der Waals surface area contributed by atoms with Crippen molar-refractivity contribution in [1.29, 1.82) is 0 Å². The van der Waals surface area contributed by atoms with Gasteiger partial charge >= 0.3 is 0 Å². The number of hydrogen-bond acceptors (Lipinski definition) is 5. The number of rotatable bonds is 8. The highest BCUT2D eigenvalue weighted by Crippen LogP contribution is 2.17. The van der Waals surface area contributed by atoms with Crippen LogP contribution in [0.15, 0.2) is 66.9 Å². The first kappa shape index (κ1) is 21.7. The minimum atomic E-state index is -0.618. The molecule has 158 valence electrons. The Morgan fingerprint density at radius 1 is 1.10 bits per heavy atom. The molecule has 0 saturated carbocycles. The summed E-state index contributed by atoms with van der Waals surface area (Å²) < 4.78 is 5.83. The van der Waals surface area contributed by atoms with Crippen molar-refractivity contribution >= 4 is 11.8 Å². The molecule has 30 heavy (non-hydrogen) atoms. The lowest BCUT2D eigenvalue weighted by molar-refractivity contribution is -0.128. The minimum Gasteiger partial charge on any atom is -0.394 e. The maximum absolute atomic E-state index is 12.4. The highest BCUT2D eigenvalue weighted by Gasteiger charge is 2.29. The molecule has 3 rings (SSSR count). The monoisotopic (exact) mass is 409 g/mol. The number of nitrogens with zero attached hydrogens (tertiary/aromatic N) is 1. The van der Waals surface area contributed by atoms with Crippen molar-refractivity contribution in [3.05, 3.63) is 78.1 Å². The second-order valence-corrected chi connectivity index (χ2v) is 7.28. The smallest absolute Gasteiger partial charge is 0.226 e. The molecular weight excluding hydrogens is 382 g/mol. The molecule has 4 atom stereocenters. The van der Waals surface area contributed by atoms with E-state index in [1.807, 2.05) is 43.3 Å². The van der Waals surface area contributed by atoms with Crippen molar-refractivity contribution in [3.63, 3.8) is 0 Å². The highest BCUT2D eigenvalue weighted by atomic mass is 16.5. The molecule has 7 nitrogen and oxygen atoms in total. The van der Waals surface area contributed by atoms with Crippen molar-refractivity contribution in [2.45, 2.75) is 44.1 Å². The van der Waals surface area contributed by atoms with Gasteiger partial charge in [-0.3, -0.25) is 14.6 Å². The zero-order valence-electron chi connectivity index (χ0n) is 16.9. The zero-order chi connectivity index (χ0) is 21.3. The van der Waals surface area contributed by atoms with Crippen molar-refractivity contribution in [2.24, 2.45) is 0 Å². The number of hydrogen-bond donors (Lipinski definition) is 3. The Bertz CT molecular complexity index is 857. The lowest BCUT2D eigenvalue weighted by Gasteiger charge is -2.31. The fraction of sp³-hybridized carbons (Fsp3) is 0.348. The van der Waals surface area contributed by atoms with Gasteiger partial charge in [0.2, 0.25) is 11.8 Å². The molecule has 1 aliphatic heterocycles. The number of aliphatic hydroxyl groups is 1. The Morgan fingerprint density at radius 2 is 1.87 bits per heavy atom. The van der Waals surface area contributed by atoms with E-state index in [9.17, 15) is 14.7 Å². The second kappa shape index (κ2) is 10.7. The van der Waals surface area contributed by atoms with Crippen LogP contribution in [0.3, 0.4) is 0 Å². The molecule has 0 fully saturated rings. The Kier molecular flexibility index (Phi) is 7.70. The van der Waals surface area contributed by atoms with E-state index >= 15 is 0 Å². The highest BCUT2D eigenvalue weighted by molar-refractivity contribution is 5.79. The third-order valence-corrected chi connectivity index (χ3v) is 4.92. The molecule has 0 saturated heterocycles. The molecule has 0 unspecified atom stereocenters. The molecule has 1 aromatic heterocycles. The minimum absolute atomic E-state index is 0.112. The summed E-state index contributed by atoms with van der Waals surface area (Å²) in [5, 5.41) is 15.5. The Hall–Kier alpha value is -3.03. The number of amides is 2. The predicted molar refractivity (Wildman–Crippen MR) is 112 cm³/mol. The topological polar surface area (TPSA) is 101 Å². The van der Waals surface area contributed by atoms with Crippen LogP contribution >= 0.6 is 0 Å². The van der Waals surface area contributed by atoms with Crippen LogP contribution < -0.4 is 10.6 Å². The molecule has 1 aromatic carbocycles. The summed E-state index contributed by atoms with van der Waals surface area (Å²) in [7, 11) is 0. The van der Waals surface area contributed by atoms with Crippen LogP contribution in [0.5, 0.6) is 0 Å². The number of ether oxygens (including phenoxy) is 1. The van der Waals surface area contributed by atoms with Gasteiger partial charge in [0.05, 0.1) is 37.6 Å². The van der Waals surface area contributed by atoms with Gasteiger partial charge in [-0.05, 0) is 24.6 Å². The number of aliphatic hydroxyl groups excluding tert-OH is 1. The van der Waals surface area contributed by atoms with Gasteiger partial charge < -0.3 is 20.5 Å². The molecule has 0 bridgehead atoms. The van der Waals surface area contributed by atoms with Crippen LogP contribution in [0, 0.1) is 0 Å². The normalized spacial score (nSPS) is 21.6. The second-order valence-electron chi connectivity index (χ2n) is 7.28. The summed E-state index contributed by atoms with van der Waals surface area (Å²) in [5.74, 6) is -0.353. The summed E-state index contributed by atoms with van der Waals surface area (Å²) in [5.41, 5.74) is 1.69. The Balaban J connectivity index is 1.51. The largest absolute Gasteiger partial charge is 0.394 e. The molecule has 0 aliphatic carbocycles. The molecule has 2 aromatic rings. The maximum Gasteiger partial charge on any atom is 0.226 e. The van der Waals surface area contributed by atoms with E-state index in [0.29, 0.717) is 5.69 Å². The number of carbonyl (C=O) groups excluding carboxylic acids is 2. The summed E-state index contributed by atoms with van der Waals surface area (Å²) in [6.07, 6.45) is 4.37. The molecule has 0 radical (unpaired) electrons. The lowest BCUT2D eigenvalue weighted by atomic mass is 10.0. The summed E-state index contributed by atoms with van der Waals surface area (Å²) in [6, 6.07) is 14.5. The first-order valence-electron chi connectivity index (χ1n) is 10.0. The number of nitrogens with one attached hydrogen (secondary N) is 2. The van der Waals surface area contributed by atoms with Gasteiger partial charge in [-0.15, -0.1) is 0 Å². The first-order chi connectivity index (χ1) is 14.5. The van der Waals surface area contributed by atoms with Gasteiger partial charge in [0.25, 0.3) is 0 Å². The first-order valence-corrected chi connectivity index (χ1v) is 10.0. The van der Waals surface area contributed by atoms with Crippen LogP contribution in [-0.4, -0.2) is 46.8 Å². The third-order valence-electron chi connectivity index (χ3n) is 4.92. The number of benzene rings is 1. The van der Waals surface area contributed by atoms with Crippen LogP contribution in [0.1, 0.15) is 30.6 Å². The summed E-state index contributed by atoms with van der Waals surface area (Å²) in [4.78, 5) is 28.8. The average Bonchev–Trinajstić information content (AvgIpc) is 2.76. The molecule has 2 heterocycles. The van der Waals surface area contributed by atoms with Crippen LogP contribution in [0.4, 0.5) is 0 Å². The van der Waals surface area contributed by atoms with E-state index in [1.165, 1.54) is 0 Å². The quantitative estimate of drug-likeness (QED) is 0.576. The van der Waals surface area contributed by atoms with Crippen LogP contribution in [0.2, 0.25) is 0 Å². The average molecular weight is 409 g/mol. The Labute approximate surface area is 176 Å². The van der Waals surface area contributed by atoms with E-state index in [-0.39, 0.29) is 37.3 Å². The Morgan fingerprint density at radius 3 is 2.57 bits per heavy atom. The SMILES string of the molecule is C[C@@H](NC(=O)C[C@@H]1C=C[C@@H](NC(=O)Cc2ccccn2)[C@H](CO)O1)c1ccccc1. The third kappa shape index (κ3) is 6.23. The molecular formula is C23H27N3O4. The van der Waals surface area contributed by atoms with Crippen LogP contribution in [0.25, 0.3) is 0 Å². The number of carbonyl (C=O) groups is 2. The number of aromatic nitrogens is 1. The van der Waals surface area contributed by atoms with Crippen molar-refractivity contribution in [2.75, 3.05) is 6.61 Å². The summed E-state index contributed by atoms with van der Waals surface area (Å²) >= 11 is 0. The van der Waals surface area contributed by atoms with E-state index in [2.05, 4.69) is 15.6 Å². The van der Waals surface area contributed by atoms with E-state index < -0.39 is 18.2 Å². The lowest BCUT2D eigenvalue weighted by Crippen LogP contribution is -2.49. The standard InChI is InChI=1S/C23H27N3O4/c1-16(17-7-3-2-4-8-17)25-23(29)14-19-10-11-20(21(15-27)30-19)26-22(28)13-18-9-5-6-12-24-18/h2-12,16,19-21,27H,13-15H2,1H3,(H,25,29)(H,26,28)/t16-,19+,20-,21+/m1/s1. The van der Waals surface area contributed by atoms with Crippen molar-refractivity contribution in [3.8, 4) is 0 Å². The maximum atomic E-state index is 12.4. The predicted octanol–water partition coefficient (Wildman–Crippen LogP) is 1.69. The van der Waals surface area contributed by atoms with Gasteiger partial charge in [0, 0.05) is 11.9 Å². The van der Waals surface area contributed by atoms with Gasteiger partial charge in [-0.1, -0.05) is 48.6 Å². The van der Waals surface area contributed by atoms with Gasteiger partial charge in [0.15, 0.2) is 0 Å². The molecule has 3 N–H and O–H groups in total.